The minimum Gasteiger partial charge on any atom is -0.299 e. The molecule has 2 aromatic rings. The van der Waals surface area contributed by atoms with Gasteiger partial charge in [-0.05, 0) is 65.8 Å². The topological polar surface area (TPSA) is 17.1 Å². The van der Waals surface area contributed by atoms with Gasteiger partial charge in [0.25, 0.3) is 0 Å². The number of Topliss-reactive ketones (excluding diaryl/α,β-unsaturated/α-hetero) is 1. The molecular weight excluding hydrogens is 299 g/mol. The highest BCUT2D eigenvalue weighted by molar-refractivity contribution is 5.87. The zero-order valence-corrected chi connectivity index (χ0v) is 14.0. The molecule has 2 heteroatoms. The van der Waals surface area contributed by atoms with Gasteiger partial charge in [0.15, 0.2) is 0 Å². The third-order valence-corrected chi connectivity index (χ3v) is 5.87. The van der Waals surface area contributed by atoms with Crippen LogP contribution in [-0.4, -0.2) is 5.78 Å². The van der Waals surface area contributed by atoms with E-state index in [4.69, 9.17) is 0 Å². The lowest BCUT2D eigenvalue weighted by Gasteiger charge is -2.20. The molecule has 1 fully saturated rings. The molecule has 2 aliphatic carbocycles. The molecule has 1 unspecified atom stereocenters. The predicted molar refractivity (Wildman–Crippen MR) is 93.5 cm³/mol. The van der Waals surface area contributed by atoms with Gasteiger partial charge in [0, 0.05) is 12.3 Å². The maximum absolute atomic E-state index is 13.2. The van der Waals surface area contributed by atoms with E-state index in [0.29, 0.717) is 30.0 Å². The summed E-state index contributed by atoms with van der Waals surface area (Å²) in [6.07, 6.45) is 3.88. The Hall–Kier alpha value is -1.96. The highest BCUT2D eigenvalue weighted by atomic mass is 19.1. The third kappa shape index (κ3) is 2.90. The zero-order valence-electron chi connectivity index (χ0n) is 14.0. The number of benzene rings is 2. The first-order chi connectivity index (χ1) is 11.6. The summed E-state index contributed by atoms with van der Waals surface area (Å²) in [5, 5.41) is 0. The molecule has 0 saturated heterocycles. The van der Waals surface area contributed by atoms with Crippen LogP contribution in [0.25, 0.3) is 0 Å². The summed E-state index contributed by atoms with van der Waals surface area (Å²) in [5.74, 6) is 1.37. The summed E-state index contributed by atoms with van der Waals surface area (Å²) in [6.45, 7) is 2.24. The van der Waals surface area contributed by atoms with Crippen LogP contribution >= 0.6 is 0 Å². The average molecular weight is 322 g/mol. The lowest BCUT2D eigenvalue weighted by molar-refractivity contribution is -0.122. The van der Waals surface area contributed by atoms with Crippen LogP contribution in [0.2, 0.25) is 0 Å². The van der Waals surface area contributed by atoms with Gasteiger partial charge in [0.05, 0.1) is 0 Å². The van der Waals surface area contributed by atoms with Gasteiger partial charge in [0.2, 0.25) is 0 Å². The molecule has 2 aliphatic rings. The molecule has 0 bridgehead atoms. The molecule has 0 N–H and O–H groups in total. The Morgan fingerprint density at radius 2 is 1.83 bits per heavy atom. The van der Waals surface area contributed by atoms with Crippen LogP contribution in [-0.2, 0) is 11.2 Å². The summed E-state index contributed by atoms with van der Waals surface area (Å²) in [7, 11) is 0. The van der Waals surface area contributed by atoms with Crippen molar-refractivity contribution in [2.75, 3.05) is 0 Å². The second-order valence-electron chi connectivity index (χ2n) is 7.49. The summed E-state index contributed by atoms with van der Waals surface area (Å²) < 4.78 is 13.2. The summed E-state index contributed by atoms with van der Waals surface area (Å²) >= 11 is 0. The minimum absolute atomic E-state index is 0.0403. The second-order valence-corrected chi connectivity index (χ2v) is 7.49. The first kappa shape index (κ1) is 15.6. The molecule has 1 nitrogen and oxygen atoms in total. The van der Waals surface area contributed by atoms with Gasteiger partial charge in [-0.25, -0.2) is 4.39 Å². The molecule has 0 heterocycles. The van der Waals surface area contributed by atoms with Crippen molar-refractivity contribution in [1.29, 1.82) is 0 Å². The van der Waals surface area contributed by atoms with Gasteiger partial charge in [-0.1, -0.05) is 43.3 Å². The lowest BCUT2D eigenvalue weighted by Crippen LogP contribution is -2.20. The van der Waals surface area contributed by atoms with Crippen molar-refractivity contribution in [1.82, 2.24) is 0 Å². The Morgan fingerprint density at radius 1 is 1.12 bits per heavy atom. The normalized spacial score (nSPS) is 23.8. The van der Waals surface area contributed by atoms with E-state index >= 15 is 0 Å². The Morgan fingerprint density at radius 3 is 2.50 bits per heavy atom. The first-order valence-electron chi connectivity index (χ1n) is 8.99. The monoisotopic (exact) mass is 322 g/mol. The number of fused-ring (bicyclic) bond motifs is 1. The highest BCUT2D eigenvalue weighted by Crippen LogP contribution is 2.46. The van der Waals surface area contributed by atoms with Crippen LogP contribution in [0, 0.1) is 17.7 Å². The zero-order chi connectivity index (χ0) is 16.7. The van der Waals surface area contributed by atoms with Crippen molar-refractivity contribution in [3.05, 3.63) is 71.0 Å². The van der Waals surface area contributed by atoms with E-state index in [2.05, 4.69) is 31.2 Å². The molecule has 0 aliphatic heterocycles. The Labute approximate surface area is 142 Å². The van der Waals surface area contributed by atoms with Crippen LogP contribution in [0.1, 0.15) is 54.7 Å². The second kappa shape index (κ2) is 6.16. The van der Waals surface area contributed by atoms with Crippen molar-refractivity contribution in [2.45, 2.75) is 44.4 Å². The number of hydrogen-bond acceptors (Lipinski definition) is 1. The Bertz CT molecular complexity index is 745. The fraction of sp³-hybridized carbons (Fsp3) is 0.409. The molecule has 4 rings (SSSR count). The summed E-state index contributed by atoms with van der Waals surface area (Å²) in [4.78, 5) is 13.1. The number of carbonyl (C=O) groups excluding carboxylic acids is 1. The maximum atomic E-state index is 13.2. The van der Waals surface area contributed by atoms with Crippen molar-refractivity contribution < 1.29 is 9.18 Å². The van der Waals surface area contributed by atoms with Gasteiger partial charge in [-0.15, -0.1) is 0 Å². The fourth-order valence-electron chi connectivity index (χ4n) is 4.33. The van der Waals surface area contributed by atoms with Gasteiger partial charge < -0.3 is 0 Å². The van der Waals surface area contributed by atoms with Gasteiger partial charge in [-0.3, -0.25) is 4.79 Å². The SMILES string of the molecule is C[C@H]1c2ccccc2C[C@@H]1CC(=O)C(c1ccc(F)cc1)C1CC1. The quantitative estimate of drug-likeness (QED) is 0.734. The van der Waals surface area contributed by atoms with E-state index in [1.165, 1.54) is 23.3 Å². The molecular formula is C22H23FO. The van der Waals surface area contributed by atoms with Gasteiger partial charge >= 0.3 is 0 Å². The van der Waals surface area contributed by atoms with Crippen molar-refractivity contribution in [3.8, 4) is 0 Å². The predicted octanol–water partition coefficient (Wildman–Crippen LogP) is 5.25. The van der Waals surface area contributed by atoms with Crippen LogP contribution in [0.4, 0.5) is 4.39 Å². The Kier molecular flexibility index (Phi) is 3.99. The van der Waals surface area contributed by atoms with Crippen molar-refractivity contribution in [3.63, 3.8) is 0 Å². The summed E-state index contributed by atoms with van der Waals surface area (Å²) in [6, 6.07) is 15.1. The summed E-state index contributed by atoms with van der Waals surface area (Å²) in [5.41, 5.74) is 3.79. The van der Waals surface area contributed by atoms with Crippen LogP contribution in [0.5, 0.6) is 0 Å². The van der Waals surface area contributed by atoms with E-state index in [-0.39, 0.29) is 11.7 Å². The number of hydrogen-bond donors (Lipinski definition) is 0. The maximum Gasteiger partial charge on any atom is 0.140 e. The number of halogens is 1. The molecule has 2 aromatic carbocycles. The fourth-order valence-corrected chi connectivity index (χ4v) is 4.33. The lowest BCUT2D eigenvalue weighted by atomic mass is 9.82. The van der Waals surface area contributed by atoms with Crippen molar-refractivity contribution >= 4 is 5.78 Å². The molecule has 124 valence electrons. The molecule has 1 saturated carbocycles. The molecule has 0 aromatic heterocycles. The molecule has 24 heavy (non-hydrogen) atoms. The van der Waals surface area contributed by atoms with E-state index < -0.39 is 0 Å². The smallest absolute Gasteiger partial charge is 0.140 e. The van der Waals surface area contributed by atoms with Crippen molar-refractivity contribution in [2.24, 2.45) is 11.8 Å². The van der Waals surface area contributed by atoms with Crippen LogP contribution < -0.4 is 0 Å². The molecule has 0 spiro atoms. The first-order valence-corrected chi connectivity index (χ1v) is 8.99. The van der Waals surface area contributed by atoms with E-state index in [0.717, 1.165) is 24.8 Å². The largest absolute Gasteiger partial charge is 0.299 e. The Balaban J connectivity index is 1.52. The minimum atomic E-state index is -0.236. The van der Waals surface area contributed by atoms with E-state index in [9.17, 15) is 9.18 Å². The van der Waals surface area contributed by atoms with Gasteiger partial charge in [-0.2, -0.15) is 0 Å². The number of rotatable bonds is 5. The van der Waals surface area contributed by atoms with E-state index in [1.54, 1.807) is 12.1 Å². The molecule has 0 radical (unpaired) electrons. The average Bonchev–Trinajstić information content (AvgIpc) is 3.36. The third-order valence-electron chi connectivity index (χ3n) is 5.87. The standard InChI is InChI=1S/C22H23FO/c1-14-18(12-17-4-2-3-5-20(14)17)13-21(24)22(15-6-7-15)16-8-10-19(23)11-9-16/h2-5,8-11,14-15,18,22H,6-7,12-13H2,1H3/t14-,18-,22?/m1/s1. The molecule has 0 amide bonds. The van der Waals surface area contributed by atoms with Gasteiger partial charge in [0.1, 0.15) is 11.6 Å². The molecule has 3 atom stereocenters. The number of carbonyl (C=O) groups is 1. The van der Waals surface area contributed by atoms with E-state index in [1.807, 2.05) is 0 Å². The number of ketones is 1. The van der Waals surface area contributed by atoms with Crippen LogP contribution in [0.15, 0.2) is 48.5 Å². The van der Waals surface area contributed by atoms with Crippen LogP contribution in [0.3, 0.4) is 0 Å². The highest BCUT2D eigenvalue weighted by Gasteiger charge is 2.39.